The van der Waals surface area contributed by atoms with E-state index in [9.17, 15) is 4.79 Å². The Balaban J connectivity index is 1.52. The molecule has 0 saturated heterocycles. The number of guanidine groups is 1. The van der Waals surface area contributed by atoms with Crippen molar-refractivity contribution < 1.29 is 4.74 Å². The van der Waals surface area contributed by atoms with Crippen LogP contribution in [0.2, 0.25) is 0 Å². The molecule has 1 heterocycles. The van der Waals surface area contributed by atoms with Crippen LogP contribution in [-0.4, -0.2) is 29.7 Å². The lowest BCUT2D eigenvalue weighted by Gasteiger charge is -2.17. The van der Waals surface area contributed by atoms with Crippen molar-refractivity contribution in [3.05, 3.63) is 64.1 Å². The summed E-state index contributed by atoms with van der Waals surface area (Å²) in [6, 6.07) is 11.7. The Morgan fingerprint density at radius 2 is 2.00 bits per heavy atom. The Morgan fingerprint density at radius 3 is 2.77 bits per heavy atom. The van der Waals surface area contributed by atoms with Crippen LogP contribution in [0.15, 0.2) is 52.4 Å². The molecular weight excluding hydrogens is 388 g/mol. The molecule has 1 aliphatic carbocycles. The Hall–Kier alpha value is -2.76. The average Bonchev–Trinajstić information content (AvgIpc) is 3.27. The fourth-order valence-corrected chi connectivity index (χ4v) is 3.85. The molecule has 0 unspecified atom stereocenters. The summed E-state index contributed by atoms with van der Waals surface area (Å²) in [5, 5.41) is 6.72. The number of rotatable bonds is 10. The zero-order chi connectivity index (χ0) is 21.9. The maximum Gasteiger partial charge on any atom is 0.250 e. The van der Waals surface area contributed by atoms with Gasteiger partial charge < -0.3 is 19.9 Å². The summed E-state index contributed by atoms with van der Waals surface area (Å²) in [6.07, 6.45) is 8.90. The van der Waals surface area contributed by atoms with Crippen molar-refractivity contribution in [2.24, 2.45) is 4.99 Å². The number of hydrogen-bond acceptors (Lipinski definition) is 3. The molecule has 0 atom stereocenters. The highest BCUT2D eigenvalue weighted by atomic mass is 16.5. The lowest BCUT2D eigenvalue weighted by atomic mass is 10.1. The Morgan fingerprint density at radius 1 is 1.16 bits per heavy atom. The van der Waals surface area contributed by atoms with Gasteiger partial charge in [-0.25, -0.2) is 4.99 Å². The van der Waals surface area contributed by atoms with Crippen molar-refractivity contribution in [3.63, 3.8) is 0 Å². The van der Waals surface area contributed by atoms with E-state index in [1.54, 1.807) is 16.7 Å². The summed E-state index contributed by atoms with van der Waals surface area (Å²) in [5.74, 6) is 1.78. The van der Waals surface area contributed by atoms with E-state index < -0.39 is 0 Å². The molecule has 168 valence electrons. The first kappa shape index (κ1) is 22.9. The topological polar surface area (TPSA) is 67.7 Å². The predicted octanol–water partition coefficient (Wildman–Crippen LogP) is 4.01. The lowest BCUT2D eigenvalue weighted by molar-refractivity contribution is 0.208. The van der Waals surface area contributed by atoms with Gasteiger partial charge in [-0.3, -0.25) is 4.79 Å². The Kier molecular flexibility index (Phi) is 9.00. The molecule has 0 radical (unpaired) electrons. The minimum atomic E-state index is 0.0547. The van der Waals surface area contributed by atoms with Crippen molar-refractivity contribution in [3.8, 4) is 5.75 Å². The number of aliphatic imine (C=N–C) groups is 1. The maximum absolute atomic E-state index is 11.8. The molecule has 1 aromatic heterocycles. The van der Waals surface area contributed by atoms with Gasteiger partial charge in [0.15, 0.2) is 5.96 Å². The van der Waals surface area contributed by atoms with Crippen LogP contribution in [0.5, 0.6) is 5.75 Å². The van der Waals surface area contributed by atoms with Gasteiger partial charge in [-0.05, 0) is 70.1 Å². The van der Waals surface area contributed by atoms with Gasteiger partial charge in [0.2, 0.25) is 5.56 Å². The molecule has 6 heteroatoms. The normalized spacial score (nSPS) is 14.6. The first-order chi connectivity index (χ1) is 15.2. The van der Waals surface area contributed by atoms with Gasteiger partial charge in [-0.15, -0.1) is 0 Å². The van der Waals surface area contributed by atoms with E-state index in [0.29, 0.717) is 12.6 Å². The molecular formula is C25H36N4O2. The molecule has 31 heavy (non-hydrogen) atoms. The largest absolute Gasteiger partial charge is 0.490 e. The number of aromatic nitrogens is 1. The van der Waals surface area contributed by atoms with Crippen LogP contribution in [0.4, 0.5) is 0 Å². The smallest absolute Gasteiger partial charge is 0.250 e. The standard InChI is InChI=1S/C25H36N4O2/c1-3-26-25(27-15-7-9-17-29-16-8-6-12-24(29)30)28-19-21-14-13-20(2)18-23(21)31-22-10-4-5-11-22/h6,8,12-14,16,18,22H,3-5,7,9-11,15,17,19H2,1-2H3,(H2,26,27,28). The predicted molar refractivity (Wildman–Crippen MR) is 127 cm³/mol. The van der Waals surface area contributed by atoms with Crippen LogP contribution in [-0.2, 0) is 13.1 Å². The molecule has 0 amide bonds. The maximum atomic E-state index is 11.8. The Labute approximate surface area is 185 Å². The van der Waals surface area contributed by atoms with E-state index in [-0.39, 0.29) is 5.56 Å². The molecule has 3 rings (SSSR count). The minimum absolute atomic E-state index is 0.0547. The highest BCUT2D eigenvalue weighted by molar-refractivity contribution is 5.79. The van der Waals surface area contributed by atoms with Gasteiger partial charge in [0.1, 0.15) is 5.75 Å². The lowest BCUT2D eigenvalue weighted by Crippen LogP contribution is -2.37. The van der Waals surface area contributed by atoms with Gasteiger partial charge >= 0.3 is 0 Å². The second-order valence-corrected chi connectivity index (χ2v) is 8.20. The van der Waals surface area contributed by atoms with Crippen LogP contribution in [0.1, 0.15) is 56.6 Å². The van der Waals surface area contributed by atoms with Gasteiger partial charge in [-0.2, -0.15) is 0 Å². The third-order valence-electron chi connectivity index (χ3n) is 5.59. The van der Waals surface area contributed by atoms with Gasteiger partial charge in [0.25, 0.3) is 0 Å². The summed E-state index contributed by atoms with van der Waals surface area (Å²) in [5.41, 5.74) is 2.39. The molecule has 1 aromatic carbocycles. The number of pyridine rings is 1. The molecule has 1 fully saturated rings. The average molecular weight is 425 g/mol. The van der Waals surface area contributed by atoms with E-state index >= 15 is 0 Å². The van der Waals surface area contributed by atoms with E-state index in [1.165, 1.54) is 18.4 Å². The summed E-state index contributed by atoms with van der Waals surface area (Å²) in [6.45, 7) is 7.11. The molecule has 0 aliphatic heterocycles. The summed E-state index contributed by atoms with van der Waals surface area (Å²) < 4.78 is 8.06. The summed E-state index contributed by atoms with van der Waals surface area (Å²) in [7, 11) is 0. The number of nitrogens with zero attached hydrogens (tertiary/aromatic N) is 2. The van der Waals surface area contributed by atoms with Crippen molar-refractivity contribution in [2.45, 2.75) is 71.6 Å². The summed E-state index contributed by atoms with van der Waals surface area (Å²) in [4.78, 5) is 16.5. The number of nitrogens with one attached hydrogen (secondary N) is 2. The van der Waals surface area contributed by atoms with E-state index in [1.807, 2.05) is 12.3 Å². The molecule has 1 aliphatic rings. The number of benzene rings is 1. The van der Waals surface area contributed by atoms with Crippen LogP contribution in [0.3, 0.4) is 0 Å². The SMILES string of the molecule is CCNC(=NCc1ccc(C)cc1OC1CCCC1)NCCCCn1ccccc1=O. The van der Waals surface area contributed by atoms with Crippen LogP contribution in [0, 0.1) is 6.92 Å². The first-order valence-electron chi connectivity index (χ1n) is 11.6. The second kappa shape index (κ2) is 12.2. The number of ether oxygens (including phenoxy) is 1. The highest BCUT2D eigenvalue weighted by Gasteiger charge is 2.18. The van der Waals surface area contributed by atoms with Crippen LogP contribution < -0.4 is 20.9 Å². The second-order valence-electron chi connectivity index (χ2n) is 8.20. The quantitative estimate of drug-likeness (QED) is 0.343. The minimum Gasteiger partial charge on any atom is -0.490 e. The molecule has 2 N–H and O–H groups in total. The van der Waals surface area contributed by atoms with Crippen LogP contribution in [0.25, 0.3) is 0 Å². The zero-order valence-electron chi connectivity index (χ0n) is 18.9. The fraction of sp³-hybridized carbons (Fsp3) is 0.520. The number of unbranched alkanes of at least 4 members (excludes halogenated alkanes) is 1. The number of aryl methyl sites for hydroxylation is 2. The van der Waals surface area contributed by atoms with Crippen molar-refractivity contribution >= 4 is 5.96 Å². The van der Waals surface area contributed by atoms with Crippen molar-refractivity contribution in [1.29, 1.82) is 0 Å². The molecule has 2 aromatic rings. The van der Waals surface area contributed by atoms with Crippen molar-refractivity contribution in [2.75, 3.05) is 13.1 Å². The molecule has 6 nitrogen and oxygen atoms in total. The summed E-state index contributed by atoms with van der Waals surface area (Å²) >= 11 is 0. The first-order valence-corrected chi connectivity index (χ1v) is 11.6. The molecule has 0 bridgehead atoms. The van der Waals surface area contributed by atoms with E-state index in [4.69, 9.17) is 9.73 Å². The van der Waals surface area contributed by atoms with Crippen molar-refractivity contribution in [1.82, 2.24) is 15.2 Å². The zero-order valence-corrected chi connectivity index (χ0v) is 18.9. The third kappa shape index (κ3) is 7.46. The van der Waals surface area contributed by atoms with Gasteiger partial charge in [-0.1, -0.05) is 18.2 Å². The third-order valence-corrected chi connectivity index (χ3v) is 5.59. The van der Waals surface area contributed by atoms with E-state index in [2.05, 4.69) is 42.7 Å². The monoisotopic (exact) mass is 424 g/mol. The van der Waals surface area contributed by atoms with Gasteiger partial charge in [0, 0.05) is 37.5 Å². The van der Waals surface area contributed by atoms with E-state index in [0.717, 1.165) is 62.6 Å². The van der Waals surface area contributed by atoms with Gasteiger partial charge in [0.05, 0.1) is 12.6 Å². The fourth-order valence-electron chi connectivity index (χ4n) is 3.85. The van der Waals surface area contributed by atoms with Crippen LogP contribution >= 0.6 is 0 Å². The highest BCUT2D eigenvalue weighted by Crippen LogP contribution is 2.28. The molecule has 1 saturated carbocycles. The molecule has 0 spiro atoms. The Bertz CT molecular complexity index is 900. The number of hydrogen-bond donors (Lipinski definition) is 2.